The van der Waals surface area contributed by atoms with Gasteiger partial charge in [-0.25, -0.2) is 4.99 Å². The second kappa shape index (κ2) is 5.56. The number of rotatable bonds is 4. The van der Waals surface area contributed by atoms with Crippen LogP contribution in [0.4, 0.5) is 0 Å². The molecule has 0 atom stereocenters. The Hall–Kier alpha value is -1.29. The van der Waals surface area contributed by atoms with Crippen molar-refractivity contribution in [2.24, 2.45) is 10.7 Å². The van der Waals surface area contributed by atoms with Crippen molar-refractivity contribution >= 4 is 17.3 Å². The third-order valence-corrected chi connectivity index (χ3v) is 2.76. The van der Waals surface area contributed by atoms with Gasteiger partial charge in [0.1, 0.15) is 0 Å². The van der Waals surface area contributed by atoms with Crippen LogP contribution in [-0.2, 0) is 6.54 Å². The molecule has 0 amide bonds. The van der Waals surface area contributed by atoms with Gasteiger partial charge >= 0.3 is 0 Å². The van der Waals surface area contributed by atoms with Gasteiger partial charge in [-0.15, -0.1) is 11.3 Å². The molecule has 1 rings (SSSR count). The summed E-state index contributed by atoms with van der Waals surface area (Å²) in [6.07, 6.45) is 0. The summed E-state index contributed by atoms with van der Waals surface area (Å²) < 4.78 is 0. The van der Waals surface area contributed by atoms with Gasteiger partial charge in [0.05, 0.1) is 6.54 Å². The molecule has 82 valence electrons. The van der Waals surface area contributed by atoms with Crippen LogP contribution in [0.3, 0.4) is 0 Å². The summed E-state index contributed by atoms with van der Waals surface area (Å²) in [5.74, 6) is 0.476. The Morgan fingerprint density at radius 3 is 2.87 bits per heavy atom. The van der Waals surface area contributed by atoms with E-state index in [4.69, 9.17) is 5.73 Å². The third kappa shape index (κ3) is 4.65. The van der Waals surface area contributed by atoms with Crippen LogP contribution < -0.4 is 11.1 Å². The Balaban J connectivity index is 2.40. The average Bonchev–Trinajstić information content (AvgIpc) is 2.58. The highest BCUT2D eigenvalue weighted by Gasteiger charge is 1.96. The van der Waals surface area contributed by atoms with Gasteiger partial charge in [0.25, 0.3) is 0 Å². The van der Waals surface area contributed by atoms with Gasteiger partial charge in [-0.05, 0) is 26.0 Å². The lowest BCUT2D eigenvalue weighted by molar-refractivity contribution is 0.945. The van der Waals surface area contributed by atoms with Crippen LogP contribution in [0.2, 0.25) is 0 Å². The fourth-order valence-electron chi connectivity index (χ4n) is 1.03. The van der Waals surface area contributed by atoms with Crippen molar-refractivity contribution < 1.29 is 0 Å². The zero-order chi connectivity index (χ0) is 11.3. The number of thiophene rings is 1. The van der Waals surface area contributed by atoms with Crippen LogP contribution in [0.1, 0.15) is 16.7 Å². The molecule has 0 aromatic carbocycles. The SMILES string of the molecule is C=C(C)CNC(N)=NCc1ccc(C)s1. The van der Waals surface area contributed by atoms with Crippen molar-refractivity contribution in [2.75, 3.05) is 6.54 Å². The van der Waals surface area contributed by atoms with Gasteiger partial charge in [0, 0.05) is 16.3 Å². The largest absolute Gasteiger partial charge is 0.370 e. The van der Waals surface area contributed by atoms with Crippen molar-refractivity contribution in [3.05, 3.63) is 34.0 Å². The van der Waals surface area contributed by atoms with Crippen LogP contribution in [0.5, 0.6) is 0 Å². The summed E-state index contributed by atoms with van der Waals surface area (Å²) >= 11 is 1.75. The van der Waals surface area contributed by atoms with Crippen molar-refractivity contribution in [1.29, 1.82) is 0 Å². The molecule has 15 heavy (non-hydrogen) atoms. The highest BCUT2D eigenvalue weighted by molar-refractivity contribution is 7.11. The summed E-state index contributed by atoms with van der Waals surface area (Å²) in [5, 5.41) is 2.99. The first-order valence-electron chi connectivity index (χ1n) is 4.81. The molecule has 0 saturated heterocycles. The monoisotopic (exact) mass is 223 g/mol. The van der Waals surface area contributed by atoms with E-state index in [1.54, 1.807) is 11.3 Å². The van der Waals surface area contributed by atoms with Crippen molar-refractivity contribution in [2.45, 2.75) is 20.4 Å². The Morgan fingerprint density at radius 1 is 1.60 bits per heavy atom. The van der Waals surface area contributed by atoms with Gasteiger partial charge < -0.3 is 11.1 Å². The molecule has 0 spiro atoms. The molecule has 0 radical (unpaired) electrons. The van der Waals surface area contributed by atoms with Crippen molar-refractivity contribution in [3.8, 4) is 0 Å². The van der Waals surface area contributed by atoms with Crippen LogP contribution in [-0.4, -0.2) is 12.5 Å². The number of hydrogen-bond acceptors (Lipinski definition) is 2. The topological polar surface area (TPSA) is 50.4 Å². The van der Waals surface area contributed by atoms with E-state index >= 15 is 0 Å². The molecule has 0 aliphatic carbocycles. The lowest BCUT2D eigenvalue weighted by Gasteiger charge is -2.03. The van der Waals surface area contributed by atoms with E-state index in [1.807, 2.05) is 6.92 Å². The molecule has 0 saturated carbocycles. The van der Waals surface area contributed by atoms with E-state index in [-0.39, 0.29) is 0 Å². The van der Waals surface area contributed by atoms with Crippen molar-refractivity contribution in [1.82, 2.24) is 5.32 Å². The van der Waals surface area contributed by atoms with Crippen molar-refractivity contribution in [3.63, 3.8) is 0 Å². The molecule has 0 unspecified atom stereocenters. The molecule has 0 fully saturated rings. The van der Waals surface area contributed by atoms with Crippen LogP contribution in [0.25, 0.3) is 0 Å². The van der Waals surface area contributed by atoms with E-state index in [0.29, 0.717) is 19.0 Å². The molecule has 1 aromatic heterocycles. The minimum atomic E-state index is 0.476. The fraction of sp³-hybridized carbons (Fsp3) is 0.364. The van der Waals surface area contributed by atoms with Gasteiger partial charge in [0.2, 0.25) is 0 Å². The van der Waals surface area contributed by atoms with E-state index < -0.39 is 0 Å². The number of hydrogen-bond donors (Lipinski definition) is 2. The summed E-state index contributed by atoms with van der Waals surface area (Å²) in [6.45, 7) is 9.13. The Bertz CT molecular complexity index is 366. The number of nitrogens with one attached hydrogen (secondary N) is 1. The number of nitrogens with two attached hydrogens (primary N) is 1. The second-order valence-corrected chi connectivity index (χ2v) is 4.90. The third-order valence-electron chi connectivity index (χ3n) is 1.77. The number of nitrogens with zero attached hydrogens (tertiary/aromatic N) is 1. The molecular formula is C11H17N3S. The maximum Gasteiger partial charge on any atom is 0.189 e. The van der Waals surface area contributed by atoms with Gasteiger partial charge in [0.15, 0.2) is 5.96 Å². The summed E-state index contributed by atoms with van der Waals surface area (Å²) in [7, 11) is 0. The number of aryl methyl sites for hydroxylation is 1. The molecule has 4 heteroatoms. The minimum absolute atomic E-state index is 0.476. The highest BCUT2D eigenvalue weighted by atomic mass is 32.1. The molecule has 3 N–H and O–H groups in total. The Labute approximate surface area is 94.7 Å². The predicted molar refractivity (Wildman–Crippen MR) is 67.2 cm³/mol. The van der Waals surface area contributed by atoms with Gasteiger partial charge in [-0.3, -0.25) is 0 Å². The minimum Gasteiger partial charge on any atom is -0.370 e. The maximum absolute atomic E-state index is 5.68. The van der Waals surface area contributed by atoms with Gasteiger partial charge in [-0.1, -0.05) is 12.2 Å². The van der Waals surface area contributed by atoms with E-state index in [1.165, 1.54) is 9.75 Å². The Morgan fingerprint density at radius 2 is 2.33 bits per heavy atom. The lowest BCUT2D eigenvalue weighted by atomic mass is 10.3. The number of aliphatic imine (C=N–C) groups is 1. The normalized spacial score (nSPS) is 11.5. The molecule has 0 bridgehead atoms. The summed E-state index contributed by atoms with van der Waals surface area (Å²) in [6, 6.07) is 4.17. The maximum atomic E-state index is 5.68. The summed E-state index contributed by atoms with van der Waals surface area (Å²) in [5.41, 5.74) is 6.72. The van der Waals surface area contributed by atoms with Gasteiger partial charge in [-0.2, -0.15) is 0 Å². The second-order valence-electron chi connectivity index (χ2n) is 3.52. The zero-order valence-corrected chi connectivity index (χ0v) is 10.0. The average molecular weight is 223 g/mol. The first-order valence-corrected chi connectivity index (χ1v) is 5.63. The lowest BCUT2D eigenvalue weighted by Crippen LogP contribution is -2.32. The molecule has 1 aromatic rings. The van der Waals surface area contributed by atoms with E-state index in [9.17, 15) is 0 Å². The fourth-order valence-corrected chi connectivity index (χ4v) is 1.85. The predicted octanol–water partition coefficient (Wildman–Crippen LogP) is 2.04. The Kier molecular flexibility index (Phi) is 4.37. The first kappa shape index (κ1) is 11.8. The zero-order valence-electron chi connectivity index (χ0n) is 9.21. The quantitative estimate of drug-likeness (QED) is 0.466. The molecular weight excluding hydrogens is 206 g/mol. The molecule has 0 aliphatic heterocycles. The van der Waals surface area contributed by atoms with Crippen LogP contribution in [0.15, 0.2) is 29.3 Å². The first-order chi connectivity index (χ1) is 7.08. The number of guanidine groups is 1. The van der Waals surface area contributed by atoms with E-state index in [0.717, 1.165) is 5.57 Å². The molecule has 1 heterocycles. The smallest absolute Gasteiger partial charge is 0.189 e. The molecule has 0 aliphatic rings. The van der Waals surface area contributed by atoms with Crippen LogP contribution >= 0.6 is 11.3 Å². The standard InChI is InChI=1S/C11H17N3S/c1-8(2)6-13-11(12)14-7-10-5-4-9(3)15-10/h4-5H,1,6-7H2,2-3H3,(H3,12,13,14). The molecule has 3 nitrogen and oxygen atoms in total. The van der Waals surface area contributed by atoms with Crippen LogP contribution in [0, 0.1) is 6.92 Å². The van der Waals surface area contributed by atoms with E-state index in [2.05, 4.69) is 35.9 Å². The highest BCUT2D eigenvalue weighted by Crippen LogP contribution is 2.15. The summed E-state index contributed by atoms with van der Waals surface area (Å²) in [4.78, 5) is 6.76.